The number of fused-ring (bicyclic) bond motifs is 1. The van der Waals surface area contributed by atoms with E-state index in [9.17, 15) is 4.79 Å². The Balaban J connectivity index is 1.78. The Labute approximate surface area is 124 Å². The van der Waals surface area contributed by atoms with Crippen LogP contribution in [0.4, 0.5) is 0 Å². The normalized spacial score (nSPS) is 21.1. The van der Waals surface area contributed by atoms with E-state index in [0.29, 0.717) is 25.9 Å². The first-order valence-electron chi connectivity index (χ1n) is 7.51. The van der Waals surface area contributed by atoms with Crippen molar-refractivity contribution in [2.75, 3.05) is 13.1 Å². The van der Waals surface area contributed by atoms with Gasteiger partial charge in [-0.2, -0.15) is 0 Å². The van der Waals surface area contributed by atoms with Crippen LogP contribution >= 0.6 is 0 Å². The molecule has 1 aromatic rings. The smallest absolute Gasteiger partial charge is 0.236 e. The molecule has 1 heterocycles. The molecule has 112 valence electrons. The third-order valence-corrected chi connectivity index (χ3v) is 4.92. The third kappa shape index (κ3) is 2.26. The van der Waals surface area contributed by atoms with Crippen molar-refractivity contribution in [2.24, 2.45) is 16.3 Å². The minimum Gasteiger partial charge on any atom is -0.409 e. The quantitative estimate of drug-likeness (QED) is 0.375. The van der Waals surface area contributed by atoms with Gasteiger partial charge in [-0.05, 0) is 36.8 Å². The average molecular weight is 287 g/mol. The molecule has 0 atom stereocenters. The minimum absolute atomic E-state index is 0.0249. The van der Waals surface area contributed by atoms with Gasteiger partial charge in [-0.1, -0.05) is 35.8 Å². The Kier molecular flexibility index (Phi) is 3.57. The van der Waals surface area contributed by atoms with Gasteiger partial charge in [0, 0.05) is 13.1 Å². The van der Waals surface area contributed by atoms with Crippen LogP contribution in [0.2, 0.25) is 0 Å². The zero-order chi connectivity index (χ0) is 14.9. The van der Waals surface area contributed by atoms with Crippen LogP contribution in [0.1, 0.15) is 30.4 Å². The lowest BCUT2D eigenvalue weighted by Crippen LogP contribution is -2.55. The topological polar surface area (TPSA) is 78.9 Å². The molecule has 1 aliphatic heterocycles. The van der Waals surface area contributed by atoms with Gasteiger partial charge in [0.05, 0.1) is 0 Å². The maximum Gasteiger partial charge on any atom is 0.236 e. The lowest BCUT2D eigenvalue weighted by Gasteiger charge is -2.42. The highest BCUT2D eigenvalue weighted by atomic mass is 16.4. The zero-order valence-corrected chi connectivity index (χ0v) is 12.1. The van der Waals surface area contributed by atoms with Crippen molar-refractivity contribution < 1.29 is 10.0 Å². The molecule has 5 nitrogen and oxygen atoms in total. The highest BCUT2D eigenvalue weighted by Crippen LogP contribution is 2.43. The van der Waals surface area contributed by atoms with Crippen molar-refractivity contribution in [1.29, 1.82) is 0 Å². The maximum absolute atomic E-state index is 12.9. The molecule has 1 aliphatic carbocycles. The number of carbonyl (C=O) groups is 1. The van der Waals surface area contributed by atoms with Gasteiger partial charge >= 0.3 is 0 Å². The fraction of sp³-hybridized carbons (Fsp3) is 0.500. The second kappa shape index (κ2) is 5.39. The van der Waals surface area contributed by atoms with Crippen LogP contribution in [0.15, 0.2) is 29.4 Å². The van der Waals surface area contributed by atoms with E-state index in [-0.39, 0.29) is 11.7 Å². The molecule has 3 N–H and O–H groups in total. The molecule has 1 amide bonds. The van der Waals surface area contributed by atoms with Crippen LogP contribution in [-0.4, -0.2) is 34.9 Å². The molecule has 1 fully saturated rings. The monoisotopic (exact) mass is 287 g/mol. The van der Waals surface area contributed by atoms with Crippen molar-refractivity contribution in [2.45, 2.75) is 32.1 Å². The molecule has 0 unspecified atom stereocenters. The second-order valence-electron chi connectivity index (χ2n) is 5.98. The van der Waals surface area contributed by atoms with E-state index in [2.05, 4.69) is 17.3 Å². The summed E-state index contributed by atoms with van der Waals surface area (Å²) in [5, 5.41) is 12.1. The van der Waals surface area contributed by atoms with E-state index < -0.39 is 5.41 Å². The Morgan fingerprint density at radius 2 is 1.76 bits per heavy atom. The van der Waals surface area contributed by atoms with Crippen LogP contribution in [0, 0.1) is 5.41 Å². The number of hydrogen-bond donors (Lipinski definition) is 2. The number of amides is 1. The lowest BCUT2D eigenvalue weighted by molar-refractivity contribution is -0.142. The molecule has 1 aromatic carbocycles. The first-order valence-corrected chi connectivity index (χ1v) is 7.51. The van der Waals surface area contributed by atoms with Crippen LogP contribution in [0.3, 0.4) is 0 Å². The highest BCUT2D eigenvalue weighted by molar-refractivity contribution is 6.07. The molecule has 1 saturated carbocycles. The van der Waals surface area contributed by atoms with Gasteiger partial charge in [0.15, 0.2) is 5.84 Å². The van der Waals surface area contributed by atoms with Crippen LogP contribution < -0.4 is 5.73 Å². The van der Waals surface area contributed by atoms with Crippen molar-refractivity contribution in [1.82, 2.24) is 4.90 Å². The molecule has 0 bridgehead atoms. The SMILES string of the molecule is N/C(=N/O)C1(C(=O)N2CCc3ccccc3CC2)CCC1. The number of rotatable bonds is 2. The van der Waals surface area contributed by atoms with Gasteiger partial charge in [-0.3, -0.25) is 4.79 Å². The number of hydrogen-bond acceptors (Lipinski definition) is 3. The largest absolute Gasteiger partial charge is 0.409 e. The zero-order valence-electron chi connectivity index (χ0n) is 12.1. The molecule has 0 spiro atoms. The standard InChI is InChI=1S/C16H21N3O2/c17-14(18-21)16(8-3-9-16)15(20)19-10-6-12-4-1-2-5-13(12)7-11-19/h1-2,4-5,21H,3,6-11H2,(H2,17,18). The van der Waals surface area contributed by atoms with Crippen molar-refractivity contribution in [3.8, 4) is 0 Å². The number of nitrogens with zero attached hydrogens (tertiary/aromatic N) is 2. The molecule has 0 saturated heterocycles. The highest BCUT2D eigenvalue weighted by Gasteiger charge is 2.50. The number of amidine groups is 1. The van der Waals surface area contributed by atoms with Gasteiger partial charge in [0.1, 0.15) is 5.41 Å². The summed E-state index contributed by atoms with van der Waals surface area (Å²) >= 11 is 0. The number of benzene rings is 1. The minimum atomic E-state index is -0.759. The lowest BCUT2D eigenvalue weighted by atomic mass is 9.66. The van der Waals surface area contributed by atoms with E-state index in [1.807, 2.05) is 17.0 Å². The molecule has 2 aliphatic rings. The van der Waals surface area contributed by atoms with Crippen LogP contribution in [0.25, 0.3) is 0 Å². The summed E-state index contributed by atoms with van der Waals surface area (Å²) in [6.07, 6.45) is 4.06. The van der Waals surface area contributed by atoms with Gasteiger partial charge in [-0.15, -0.1) is 0 Å². The summed E-state index contributed by atoms with van der Waals surface area (Å²) in [6.45, 7) is 1.41. The van der Waals surface area contributed by atoms with E-state index >= 15 is 0 Å². The molecular weight excluding hydrogens is 266 g/mol. The van der Waals surface area contributed by atoms with E-state index in [0.717, 1.165) is 19.3 Å². The Morgan fingerprint density at radius 3 is 2.19 bits per heavy atom. The molecule has 3 rings (SSSR count). The molecule has 5 heteroatoms. The maximum atomic E-state index is 12.9. The first-order chi connectivity index (χ1) is 10.2. The molecule has 0 radical (unpaired) electrons. The molecule has 21 heavy (non-hydrogen) atoms. The Hall–Kier alpha value is -2.04. The summed E-state index contributed by atoms with van der Waals surface area (Å²) in [6, 6.07) is 8.35. The predicted molar refractivity (Wildman–Crippen MR) is 80.1 cm³/mol. The summed E-state index contributed by atoms with van der Waals surface area (Å²) in [4.78, 5) is 14.7. The molecular formula is C16H21N3O2. The predicted octanol–water partition coefficient (Wildman–Crippen LogP) is 1.53. The van der Waals surface area contributed by atoms with Crippen molar-refractivity contribution in [3.63, 3.8) is 0 Å². The molecule has 0 aromatic heterocycles. The van der Waals surface area contributed by atoms with E-state index in [1.54, 1.807) is 0 Å². The third-order valence-electron chi connectivity index (χ3n) is 4.92. The fourth-order valence-corrected chi connectivity index (χ4v) is 3.38. The summed E-state index contributed by atoms with van der Waals surface area (Å²) in [5.74, 6) is 0.0948. The van der Waals surface area contributed by atoms with Crippen molar-refractivity contribution in [3.05, 3.63) is 35.4 Å². The van der Waals surface area contributed by atoms with E-state index in [4.69, 9.17) is 10.9 Å². The summed E-state index contributed by atoms with van der Waals surface area (Å²) in [7, 11) is 0. The van der Waals surface area contributed by atoms with Gasteiger partial charge < -0.3 is 15.8 Å². The second-order valence-corrected chi connectivity index (χ2v) is 5.98. The first kappa shape index (κ1) is 13.9. The number of oxime groups is 1. The van der Waals surface area contributed by atoms with Gasteiger partial charge in [-0.25, -0.2) is 0 Å². The van der Waals surface area contributed by atoms with Crippen LogP contribution in [-0.2, 0) is 17.6 Å². The Morgan fingerprint density at radius 1 is 1.19 bits per heavy atom. The Bertz CT molecular complexity index is 552. The fourth-order valence-electron chi connectivity index (χ4n) is 3.38. The number of nitrogens with two attached hydrogens (primary N) is 1. The summed E-state index contributed by atoms with van der Waals surface area (Å²) in [5.41, 5.74) is 7.68. The van der Waals surface area contributed by atoms with Gasteiger partial charge in [0.2, 0.25) is 5.91 Å². The average Bonchev–Trinajstić information content (AvgIpc) is 2.68. The van der Waals surface area contributed by atoms with E-state index in [1.165, 1.54) is 11.1 Å². The van der Waals surface area contributed by atoms with Crippen molar-refractivity contribution >= 4 is 11.7 Å². The number of carbonyl (C=O) groups excluding carboxylic acids is 1. The van der Waals surface area contributed by atoms with Crippen LogP contribution in [0.5, 0.6) is 0 Å². The van der Waals surface area contributed by atoms with Gasteiger partial charge in [0.25, 0.3) is 0 Å². The summed E-state index contributed by atoms with van der Waals surface area (Å²) < 4.78 is 0.